The topological polar surface area (TPSA) is 75.3 Å². The van der Waals surface area contributed by atoms with E-state index in [0.29, 0.717) is 5.56 Å². The van der Waals surface area contributed by atoms with Crippen molar-refractivity contribution >= 4 is 21.6 Å². The van der Waals surface area contributed by atoms with Gasteiger partial charge >= 0.3 is 0 Å². The Morgan fingerprint density at radius 3 is 2.29 bits per heavy atom. The lowest BCUT2D eigenvalue weighted by Gasteiger charge is -2.19. The van der Waals surface area contributed by atoms with Crippen molar-refractivity contribution in [3.8, 4) is 0 Å². The van der Waals surface area contributed by atoms with Crippen molar-refractivity contribution < 1.29 is 13.2 Å². The Morgan fingerprint density at radius 2 is 1.71 bits per heavy atom. The molecule has 0 saturated heterocycles. The third kappa shape index (κ3) is 4.83. The number of sulfonamides is 1. The molecular weight excluding hydrogens is 324 g/mol. The molecule has 0 unspecified atom stereocenters. The highest BCUT2D eigenvalue weighted by molar-refractivity contribution is 7.92. The number of hydrogen-bond donors (Lipinski definition) is 2. The second-order valence-electron chi connectivity index (χ2n) is 5.76. The molecule has 2 N–H and O–H groups in total. The van der Waals surface area contributed by atoms with E-state index in [1.165, 1.54) is 0 Å². The molecule has 0 aliphatic heterocycles. The number of carbonyl (C=O) groups is 1. The number of nitrogens with one attached hydrogen (secondary N) is 2. The first-order valence-corrected chi connectivity index (χ1v) is 9.63. The molecule has 2 rings (SSSR count). The van der Waals surface area contributed by atoms with Crippen LogP contribution >= 0.6 is 0 Å². The van der Waals surface area contributed by atoms with Crippen molar-refractivity contribution in [2.45, 2.75) is 26.3 Å². The maximum absolute atomic E-state index is 12.6. The van der Waals surface area contributed by atoms with Crippen LogP contribution in [-0.2, 0) is 10.0 Å². The van der Waals surface area contributed by atoms with Gasteiger partial charge in [0.25, 0.3) is 5.91 Å². The molecular formula is C18H22N2O3S. The molecule has 2 aromatic carbocycles. The van der Waals surface area contributed by atoms with Gasteiger partial charge < -0.3 is 5.32 Å². The Bertz CT molecular complexity index is 814. The predicted octanol–water partition coefficient (Wildman–Crippen LogP) is 3.25. The van der Waals surface area contributed by atoms with E-state index in [0.717, 1.165) is 23.8 Å². The Labute approximate surface area is 143 Å². The number of benzene rings is 2. The fourth-order valence-corrected chi connectivity index (χ4v) is 3.00. The number of amides is 1. The summed E-state index contributed by atoms with van der Waals surface area (Å²) in [6.07, 6.45) is 1.79. The SMILES string of the molecule is CC[C@@H](NC(=O)c1ccccc1NS(C)(=O)=O)c1ccc(C)cc1. The zero-order valence-electron chi connectivity index (χ0n) is 14.0. The van der Waals surface area contributed by atoms with Crippen molar-refractivity contribution in [3.63, 3.8) is 0 Å². The molecule has 1 atom stereocenters. The first-order valence-electron chi connectivity index (χ1n) is 7.74. The van der Waals surface area contributed by atoms with Crippen LogP contribution in [0.5, 0.6) is 0 Å². The summed E-state index contributed by atoms with van der Waals surface area (Å²) in [6, 6.07) is 14.4. The van der Waals surface area contributed by atoms with Crippen LogP contribution in [0, 0.1) is 6.92 Å². The molecule has 0 bridgehead atoms. The Hall–Kier alpha value is -2.34. The van der Waals surface area contributed by atoms with Crippen molar-refractivity contribution in [1.82, 2.24) is 5.32 Å². The molecule has 128 valence electrons. The molecule has 0 aliphatic carbocycles. The summed E-state index contributed by atoms with van der Waals surface area (Å²) in [5, 5.41) is 2.97. The molecule has 6 heteroatoms. The van der Waals surface area contributed by atoms with Crippen molar-refractivity contribution in [1.29, 1.82) is 0 Å². The van der Waals surface area contributed by atoms with Gasteiger partial charge in [-0.05, 0) is 31.0 Å². The van der Waals surface area contributed by atoms with Gasteiger partial charge in [-0.1, -0.05) is 48.9 Å². The normalized spacial score (nSPS) is 12.5. The Balaban J connectivity index is 2.24. The number of carbonyl (C=O) groups excluding carboxylic acids is 1. The third-order valence-corrected chi connectivity index (χ3v) is 4.25. The largest absolute Gasteiger partial charge is 0.345 e. The molecule has 24 heavy (non-hydrogen) atoms. The van der Waals surface area contributed by atoms with E-state index in [1.54, 1.807) is 24.3 Å². The maximum atomic E-state index is 12.6. The third-order valence-electron chi connectivity index (χ3n) is 3.66. The van der Waals surface area contributed by atoms with E-state index in [9.17, 15) is 13.2 Å². The summed E-state index contributed by atoms with van der Waals surface area (Å²) in [5.41, 5.74) is 2.75. The first kappa shape index (κ1) is 18.0. The quantitative estimate of drug-likeness (QED) is 0.843. The fraction of sp³-hybridized carbons (Fsp3) is 0.278. The smallest absolute Gasteiger partial charge is 0.253 e. The number of aryl methyl sites for hydroxylation is 1. The minimum absolute atomic E-state index is 0.135. The van der Waals surface area contributed by atoms with Crippen molar-refractivity contribution in [2.24, 2.45) is 0 Å². The van der Waals surface area contributed by atoms with Gasteiger partial charge in [0.15, 0.2) is 0 Å². The number of para-hydroxylation sites is 1. The van der Waals surface area contributed by atoms with Gasteiger partial charge in [-0.2, -0.15) is 0 Å². The number of anilines is 1. The van der Waals surface area contributed by atoms with Crippen LogP contribution in [0.4, 0.5) is 5.69 Å². The lowest BCUT2D eigenvalue weighted by atomic mass is 10.0. The van der Waals surface area contributed by atoms with Gasteiger partial charge in [0.1, 0.15) is 0 Å². The standard InChI is InChI=1S/C18H22N2O3S/c1-4-16(14-11-9-13(2)10-12-14)19-18(21)15-7-5-6-8-17(15)20-24(3,22)23/h5-12,16,20H,4H2,1-3H3,(H,19,21)/t16-/m1/s1. The van der Waals surface area contributed by atoms with Crippen molar-refractivity contribution in [2.75, 3.05) is 11.0 Å². The van der Waals surface area contributed by atoms with E-state index in [1.807, 2.05) is 38.1 Å². The lowest BCUT2D eigenvalue weighted by Crippen LogP contribution is -2.29. The molecule has 5 nitrogen and oxygen atoms in total. The van der Waals surface area contributed by atoms with Crippen LogP contribution in [0.3, 0.4) is 0 Å². The summed E-state index contributed by atoms with van der Waals surface area (Å²) in [4.78, 5) is 12.6. The van der Waals surface area contributed by atoms with Crippen LogP contribution in [0.2, 0.25) is 0 Å². The van der Waals surface area contributed by atoms with Gasteiger partial charge in [0, 0.05) is 0 Å². The van der Waals surface area contributed by atoms with Gasteiger partial charge in [0.2, 0.25) is 10.0 Å². The second kappa shape index (κ2) is 7.49. The zero-order valence-corrected chi connectivity index (χ0v) is 14.9. The molecule has 0 aliphatic rings. The van der Waals surface area contributed by atoms with Crippen LogP contribution < -0.4 is 10.0 Å². The van der Waals surface area contributed by atoms with Gasteiger partial charge in [-0.25, -0.2) is 8.42 Å². The highest BCUT2D eigenvalue weighted by Crippen LogP contribution is 2.21. The van der Waals surface area contributed by atoms with Crippen LogP contribution in [0.25, 0.3) is 0 Å². The summed E-state index contributed by atoms with van der Waals surface area (Å²) in [7, 11) is -3.45. The number of hydrogen-bond acceptors (Lipinski definition) is 3. The minimum atomic E-state index is -3.45. The van der Waals surface area contributed by atoms with Gasteiger partial charge in [0.05, 0.1) is 23.5 Å². The molecule has 0 radical (unpaired) electrons. The highest BCUT2D eigenvalue weighted by Gasteiger charge is 2.17. The molecule has 1 amide bonds. The predicted molar refractivity (Wildman–Crippen MR) is 96.6 cm³/mol. The molecule has 0 saturated carbocycles. The molecule has 0 spiro atoms. The van der Waals surface area contributed by atoms with E-state index in [-0.39, 0.29) is 17.6 Å². The van der Waals surface area contributed by atoms with E-state index in [2.05, 4.69) is 10.0 Å². The van der Waals surface area contributed by atoms with E-state index >= 15 is 0 Å². The Kier molecular flexibility index (Phi) is 5.62. The monoisotopic (exact) mass is 346 g/mol. The van der Waals surface area contributed by atoms with Gasteiger partial charge in [-0.3, -0.25) is 9.52 Å². The molecule has 0 heterocycles. The van der Waals surface area contributed by atoms with Crippen molar-refractivity contribution in [3.05, 3.63) is 65.2 Å². The molecule has 0 aromatic heterocycles. The average Bonchev–Trinajstić information content (AvgIpc) is 2.52. The lowest BCUT2D eigenvalue weighted by molar-refractivity contribution is 0.0936. The van der Waals surface area contributed by atoms with Crippen LogP contribution in [0.15, 0.2) is 48.5 Å². The fourth-order valence-electron chi connectivity index (χ4n) is 2.43. The molecule has 0 fully saturated rings. The van der Waals surface area contributed by atoms with E-state index < -0.39 is 10.0 Å². The highest BCUT2D eigenvalue weighted by atomic mass is 32.2. The molecule has 2 aromatic rings. The number of rotatable bonds is 6. The Morgan fingerprint density at radius 1 is 1.08 bits per heavy atom. The second-order valence-corrected chi connectivity index (χ2v) is 7.51. The zero-order chi connectivity index (χ0) is 17.7. The van der Waals surface area contributed by atoms with Crippen LogP contribution in [-0.4, -0.2) is 20.6 Å². The average molecular weight is 346 g/mol. The summed E-state index contributed by atoms with van der Waals surface area (Å²) in [5.74, 6) is -0.311. The van der Waals surface area contributed by atoms with E-state index in [4.69, 9.17) is 0 Å². The first-order chi connectivity index (χ1) is 11.3. The summed E-state index contributed by atoms with van der Waals surface area (Å²) in [6.45, 7) is 4.00. The minimum Gasteiger partial charge on any atom is -0.345 e. The van der Waals surface area contributed by atoms with Crippen LogP contribution in [0.1, 0.15) is 40.9 Å². The van der Waals surface area contributed by atoms with Gasteiger partial charge in [-0.15, -0.1) is 0 Å². The summed E-state index contributed by atoms with van der Waals surface area (Å²) >= 11 is 0. The maximum Gasteiger partial charge on any atom is 0.253 e. The summed E-state index contributed by atoms with van der Waals surface area (Å²) < 4.78 is 25.3.